The number of aryl methyl sites for hydroxylation is 1. The Kier molecular flexibility index (Phi) is 7.27. The molecule has 2 heterocycles. The van der Waals surface area contributed by atoms with Crippen LogP contribution < -0.4 is 14.8 Å². The van der Waals surface area contributed by atoms with Crippen LogP contribution in [-0.4, -0.2) is 53.4 Å². The fourth-order valence-corrected chi connectivity index (χ4v) is 4.12. The van der Waals surface area contributed by atoms with Crippen LogP contribution >= 0.6 is 0 Å². The van der Waals surface area contributed by atoms with Crippen LogP contribution in [0.3, 0.4) is 0 Å². The van der Waals surface area contributed by atoms with Crippen molar-refractivity contribution in [3.63, 3.8) is 0 Å². The SMILES string of the molecule is CC[C@@H]1CN(CCC(=O)NCCCn2ncc3ccccc32)Cc2cc(OC)ccc2O1. The van der Waals surface area contributed by atoms with Crippen molar-refractivity contribution in [1.82, 2.24) is 20.0 Å². The molecule has 7 nitrogen and oxygen atoms in total. The number of para-hydroxylation sites is 1. The molecular weight excluding hydrogens is 404 g/mol. The first-order valence-electron chi connectivity index (χ1n) is 11.4. The number of hydrogen-bond donors (Lipinski definition) is 1. The average molecular weight is 437 g/mol. The van der Waals surface area contributed by atoms with E-state index in [9.17, 15) is 4.79 Å². The average Bonchev–Trinajstić information content (AvgIpc) is 3.14. The van der Waals surface area contributed by atoms with E-state index >= 15 is 0 Å². The van der Waals surface area contributed by atoms with E-state index in [1.807, 2.05) is 41.2 Å². The minimum Gasteiger partial charge on any atom is -0.497 e. The third kappa shape index (κ3) is 5.40. The Morgan fingerprint density at radius 2 is 2.12 bits per heavy atom. The Morgan fingerprint density at radius 1 is 1.25 bits per heavy atom. The molecule has 0 unspecified atom stereocenters. The maximum Gasteiger partial charge on any atom is 0.221 e. The highest BCUT2D eigenvalue weighted by Gasteiger charge is 2.22. The van der Waals surface area contributed by atoms with Crippen molar-refractivity contribution in [3.8, 4) is 11.5 Å². The summed E-state index contributed by atoms with van der Waals surface area (Å²) < 4.78 is 13.5. The molecule has 2 aromatic carbocycles. The molecular formula is C25H32N4O3. The fourth-order valence-electron chi connectivity index (χ4n) is 4.12. The molecule has 0 spiro atoms. The number of fused-ring (bicyclic) bond motifs is 2. The van der Waals surface area contributed by atoms with Crippen molar-refractivity contribution in [1.29, 1.82) is 0 Å². The van der Waals surface area contributed by atoms with Gasteiger partial charge in [0.1, 0.15) is 17.6 Å². The number of nitrogens with zero attached hydrogens (tertiary/aromatic N) is 3. The highest BCUT2D eigenvalue weighted by Crippen LogP contribution is 2.29. The van der Waals surface area contributed by atoms with E-state index < -0.39 is 0 Å². The largest absolute Gasteiger partial charge is 0.497 e. The van der Waals surface area contributed by atoms with Crippen LogP contribution in [0.5, 0.6) is 11.5 Å². The van der Waals surface area contributed by atoms with E-state index in [4.69, 9.17) is 9.47 Å². The number of carbonyl (C=O) groups excluding carboxylic acids is 1. The van der Waals surface area contributed by atoms with Gasteiger partial charge in [0.15, 0.2) is 0 Å². The lowest BCUT2D eigenvalue weighted by Gasteiger charge is -2.22. The minimum absolute atomic E-state index is 0.0828. The lowest BCUT2D eigenvalue weighted by Crippen LogP contribution is -2.35. The second kappa shape index (κ2) is 10.5. The van der Waals surface area contributed by atoms with Crippen LogP contribution in [0.1, 0.15) is 31.7 Å². The van der Waals surface area contributed by atoms with Gasteiger partial charge in [0, 0.05) is 50.1 Å². The molecule has 0 saturated carbocycles. The second-order valence-corrected chi connectivity index (χ2v) is 8.24. The van der Waals surface area contributed by atoms with Gasteiger partial charge in [0.05, 0.1) is 18.8 Å². The zero-order valence-electron chi connectivity index (χ0n) is 18.9. The normalized spacial score (nSPS) is 16.2. The number of carbonyl (C=O) groups is 1. The Morgan fingerprint density at radius 3 is 2.97 bits per heavy atom. The maximum absolute atomic E-state index is 12.4. The summed E-state index contributed by atoms with van der Waals surface area (Å²) in [7, 11) is 1.67. The number of rotatable bonds is 9. The number of hydrogen-bond acceptors (Lipinski definition) is 5. The lowest BCUT2D eigenvalue weighted by atomic mass is 10.1. The molecule has 4 rings (SSSR count). The standard InChI is InChI=1S/C25H32N4O3/c1-3-21-18-28(17-20-15-22(31-2)9-10-24(20)32-21)14-11-25(30)26-12-6-13-29-23-8-5-4-7-19(23)16-27-29/h4-5,7-10,15-16,21H,3,6,11-14,17-18H2,1-2H3,(H,26,30)/t21-/m1/s1. The van der Waals surface area contributed by atoms with Crippen LogP contribution in [0.4, 0.5) is 0 Å². The van der Waals surface area contributed by atoms with E-state index in [-0.39, 0.29) is 12.0 Å². The number of methoxy groups -OCH3 is 1. The zero-order valence-corrected chi connectivity index (χ0v) is 18.9. The van der Waals surface area contributed by atoms with Crippen molar-refractivity contribution in [2.45, 2.75) is 45.4 Å². The molecule has 0 bridgehead atoms. The molecule has 7 heteroatoms. The molecule has 0 aliphatic carbocycles. The molecule has 1 aliphatic rings. The predicted molar refractivity (Wildman–Crippen MR) is 125 cm³/mol. The van der Waals surface area contributed by atoms with Gasteiger partial charge in [0.2, 0.25) is 5.91 Å². The van der Waals surface area contributed by atoms with Gasteiger partial charge in [-0.05, 0) is 37.1 Å². The van der Waals surface area contributed by atoms with E-state index in [1.165, 1.54) is 0 Å². The van der Waals surface area contributed by atoms with Gasteiger partial charge >= 0.3 is 0 Å². The van der Waals surface area contributed by atoms with Gasteiger partial charge in [0.25, 0.3) is 0 Å². The Labute approximate surface area is 189 Å². The highest BCUT2D eigenvalue weighted by atomic mass is 16.5. The summed E-state index contributed by atoms with van der Waals surface area (Å²) in [5.74, 6) is 1.82. The smallest absolute Gasteiger partial charge is 0.221 e. The van der Waals surface area contributed by atoms with Gasteiger partial charge in [-0.15, -0.1) is 0 Å². The summed E-state index contributed by atoms with van der Waals surface area (Å²) in [6.07, 6.45) is 4.25. The van der Waals surface area contributed by atoms with Crippen LogP contribution in [0, 0.1) is 0 Å². The first kappa shape index (κ1) is 22.1. The molecule has 0 radical (unpaired) electrons. The van der Waals surface area contributed by atoms with Crippen molar-refractivity contribution >= 4 is 16.8 Å². The van der Waals surface area contributed by atoms with Crippen LogP contribution in [0.2, 0.25) is 0 Å². The monoisotopic (exact) mass is 436 g/mol. The molecule has 32 heavy (non-hydrogen) atoms. The first-order chi connectivity index (χ1) is 15.7. The van der Waals surface area contributed by atoms with E-state index in [0.29, 0.717) is 19.5 Å². The van der Waals surface area contributed by atoms with Crippen LogP contribution in [-0.2, 0) is 17.9 Å². The van der Waals surface area contributed by atoms with Crippen molar-refractivity contribution in [2.24, 2.45) is 0 Å². The van der Waals surface area contributed by atoms with E-state index in [0.717, 1.165) is 60.4 Å². The number of benzene rings is 2. The molecule has 0 fully saturated rings. The van der Waals surface area contributed by atoms with Gasteiger partial charge < -0.3 is 14.8 Å². The predicted octanol–water partition coefficient (Wildman–Crippen LogP) is 3.61. The summed E-state index contributed by atoms with van der Waals surface area (Å²) >= 11 is 0. The topological polar surface area (TPSA) is 68.6 Å². The van der Waals surface area contributed by atoms with Crippen molar-refractivity contribution < 1.29 is 14.3 Å². The highest BCUT2D eigenvalue weighted by molar-refractivity contribution is 5.78. The lowest BCUT2D eigenvalue weighted by molar-refractivity contribution is -0.121. The number of aromatic nitrogens is 2. The molecule has 1 aliphatic heterocycles. The molecule has 1 aromatic heterocycles. The fraction of sp³-hybridized carbons (Fsp3) is 0.440. The Hall–Kier alpha value is -3.06. The first-order valence-corrected chi connectivity index (χ1v) is 11.4. The van der Waals surface area contributed by atoms with Crippen LogP contribution in [0.25, 0.3) is 10.9 Å². The Bertz CT molecular complexity index is 1050. The summed E-state index contributed by atoms with van der Waals surface area (Å²) in [5.41, 5.74) is 2.23. The van der Waals surface area contributed by atoms with E-state index in [2.05, 4.69) is 34.4 Å². The van der Waals surface area contributed by atoms with Gasteiger partial charge in [-0.3, -0.25) is 14.4 Å². The van der Waals surface area contributed by atoms with E-state index in [1.54, 1.807) is 7.11 Å². The molecule has 170 valence electrons. The summed E-state index contributed by atoms with van der Waals surface area (Å²) in [4.78, 5) is 14.7. The van der Waals surface area contributed by atoms with Gasteiger partial charge in [-0.1, -0.05) is 25.1 Å². The number of amides is 1. The third-order valence-corrected chi connectivity index (χ3v) is 5.95. The zero-order chi connectivity index (χ0) is 22.3. The summed E-state index contributed by atoms with van der Waals surface area (Å²) in [6.45, 7) is 5.83. The second-order valence-electron chi connectivity index (χ2n) is 8.24. The van der Waals surface area contributed by atoms with Crippen molar-refractivity contribution in [3.05, 3.63) is 54.2 Å². The van der Waals surface area contributed by atoms with Crippen LogP contribution in [0.15, 0.2) is 48.7 Å². The molecule has 3 aromatic rings. The Balaban J connectivity index is 1.24. The molecule has 1 amide bonds. The van der Waals surface area contributed by atoms with Gasteiger partial charge in [-0.2, -0.15) is 5.10 Å². The van der Waals surface area contributed by atoms with Crippen molar-refractivity contribution in [2.75, 3.05) is 26.7 Å². The number of ether oxygens (including phenoxy) is 2. The summed E-state index contributed by atoms with van der Waals surface area (Å²) in [6, 6.07) is 14.1. The molecule has 0 saturated heterocycles. The quantitative estimate of drug-likeness (QED) is 0.519. The molecule has 1 N–H and O–H groups in total. The third-order valence-electron chi connectivity index (χ3n) is 5.95. The van der Waals surface area contributed by atoms with Gasteiger partial charge in [-0.25, -0.2) is 0 Å². The number of nitrogens with one attached hydrogen (secondary N) is 1. The molecule has 1 atom stereocenters. The maximum atomic E-state index is 12.4. The summed E-state index contributed by atoms with van der Waals surface area (Å²) in [5, 5.41) is 8.63. The minimum atomic E-state index is 0.0828.